The molecule has 0 saturated carbocycles. The molecule has 0 aromatic heterocycles. The van der Waals surface area contributed by atoms with Crippen LogP contribution in [0.2, 0.25) is 0 Å². The summed E-state index contributed by atoms with van der Waals surface area (Å²) in [5.41, 5.74) is 10.1. The summed E-state index contributed by atoms with van der Waals surface area (Å²) in [5, 5.41) is -1.60. The van der Waals surface area contributed by atoms with Gasteiger partial charge in [-0.15, -0.1) is 0 Å². The molecule has 0 heterocycles. The van der Waals surface area contributed by atoms with Crippen LogP contribution in [0.25, 0.3) is 0 Å². The number of hydrogen-bond acceptors (Lipinski definition) is 5. The Morgan fingerprint density at radius 2 is 1.92 bits per heavy atom. The number of nitrogens with two attached hydrogens (primary N) is 2. The molecule has 2 unspecified atom stereocenters. The predicted molar refractivity (Wildman–Crippen MR) is 43.0 cm³/mol. The third-order valence-corrected chi connectivity index (χ3v) is 2.48. The zero-order chi connectivity index (χ0) is 9.94. The molecule has 0 rings (SSSR count). The second-order valence-corrected chi connectivity index (χ2v) is 4.03. The van der Waals surface area contributed by atoms with Crippen LogP contribution >= 0.6 is 0 Å². The van der Waals surface area contributed by atoms with Crippen molar-refractivity contribution in [3.8, 4) is 0 Å². The molecular formula is C5H12N2O4SZn. The van der Waals surface area contributed by atoms with Gasteiger partial charge in [-0.2, -0.15) is 8.42 Å². The third-order valence-electron chi connectivity index (χ3n) is 1.34. The monoisotopic (exact) mass is 260 g/mol. The van der Waals surface area contributed by atoms with Gasteiger partial charge in [-0.3, -0.25) is 9.35 Å². The van der Waals surface area contributed by atoms with Crippen molar-refractivity contribution in [3.05, 3.63) is 0 Å². The fourth-order valence-electron chi connectivity index (χ4n) is 0.678. The quantitative estimate of drug-likeness (QED) is 0.402. The van der Waals surface area contributed by atoms with E-state index in [1.54, 1.807) is 0 Å². The molecule has 8 heteroatoms. The zero-order valence-corrected chi connectivity index (χ0v) is 11.1. The Balaban J connectivity index is 0. The first-order valence-electron chi connectivity index (χ1n) is 3.26. The van der Waals surface area contributed by atoms with Crippen molar-refractivity contribution in [3.63, 3.8) is 0 Å². The fourth-order valence-corrected chi connectivity index (χ4v) is 1.43. The van der Waals surface area contributed by atoms with Crippen LogP contribution in [0.1, 0.15) is 6.92 Å². The minimum absolute atomic E-state index is 0. The van der Waals surface area contributed by atoms with Crippen molar-refractivity contribution in [1.29, 1.82) is 0 Å². The number of carbonyl (C=O) groups is 1. The van der Waals surface area contributed by atoms with Gasteiger partial charge in [0.25, 0.3) is 10.1 Å². The van der Waals surface area contributed by atoms with Gasteiger partial charge in [0, 0.05) is 26.0 Å². The van der Waals surface area contributed by atoms with Gasteiger partial charge in [0.05, 0.1) is 6.04 Å². The van der Waals surface area contributed by atoms with Crippen molar-refractivity contribution in [2.24, 2.45) is 11.5 Å². The Hall–Kier alpha value is 0.123. The molecule has 0 aromatic rings. The maximum atomic E-state index is 11.0. The molecule has 0 spiro atoms. The summed E-state index contributed by atoms with van der Waals surface area (Å²) < 4.78 is 29.5. The van der Waals surface area contributed by atoms with Crippen LogP contribution in [0.4, 0.5) is 0 Å². The molecule has 6 nitrogen and oxygen atoms in total. The third kappa shape index (κ3) is 4.78. The Morgan fingerprint density at radius 1 is 1.54 bits per heavy atom. The van der Waals surface area contributed by atoms with Gasteiger partial charge in [-0.25, -0.2) is 0 Å². The van der Waals surface area contributed by atoms with Crippen LogP contribution in [0.5, 0.6) is 0 Å². The second-order valence-electron chi connectivity index (χ2n) is 2.43. The van der Waals surface area contributed by atoms with Gasteiger partial charge in [0.2, 0.25) is 0 Å². The molecule has 0 radical (unpaired) electrons. The van der Waals surface area contributed by atoms with Crippen molar-refractivity contribution >= 4 is 15.9 Å². The predicted octanol–water partition coefficient (Wildman–Crippen LogP) is -1.88. The number of hydrogen-bond donors (Lipinski definition) is 3. The smallest absolute Gasteiger partial charge is 0.276 e. The maximum absolute atomic E-state index is 11.0. The summed E-state index contributed by atoms with van der Waals surface area (Å²) in [4.78, 5) is 11.0. The molecule has 0 saturated heterocycles. The Morgan fingerprint density at radius 3 is 2.00 bits per heavy atom. The van der Waals surface area contributed by atoms with Crippen LogP contribution < -0.4 is 11.5 Å². The zero-order valence-electron chi connectivity index (χ0n) is 7.30. The van der Waals surface area contributed by atoms with E-state index in [1.807, 2.05) is 0 Å². The number of Topliss-reactive ketones (excluding diaryl/α,β-unsaturated/α-hetero) is 1. The van der Waals surface area contributed by atoms with Crippen LogP contribution in [0.3, 0.4) is 0 Å². The molecule has 0 amide bonds. The van der Waals surface area contributed by atoms with Gasteiger partial charge in [-0.1, -0.05) is 0 Å². The van der Waals surface area contributed by atoms with E-state index in [2.05, 4.69) is 0 Å². The SMILES string of the molecule is CC(N)C(=O)C(CN)S(=O)(=O)O.[Zn]. The maximum Gasteiger partial charge on any atom is 0.276 e. The standard InChI is InChI=1S/C5H12N2O4S.Zn/c1-3(7)5(8)4(2-6)12(9,10)11;/h3-4H,2,6-7H2,1H3,(H,9,10,11);. The van der Waals surface area contributed by atoms with E-state index in [0.29, 0.717) is 0 Å². The average molecular weight is 262 g/mol. The minimum atomic E-state index is -4.41. The molecule has 13 heavy (non-hydrogen) atoms. The molecule has 2 atom stereocenters. The molecule has 74 valence electrons. The summed E-state index contributed by atoms with van der Waals surface area (Å²) >= 11 is 0. The summed E-state index contributed by atoms with van der Waals surface area (Å²) in [5.74, 6) is -0.778. The molecule has 5 N–H and O–H groups in total. The number of carbonyl (C=O) groups excluding carboxylic acids is 1. The van der Waals surface area contributed by atoms with E-state index in [0.717, 1.165) is 0 Å². The van der Waals surface area contributed by atoms with E-state index < -0.39 is 33.7 Å². The van der Waals surface area contributed by atoms with Crippen LogP contribution in [-0.2, 0) is 34.4 Å². The van der Waals surface area contributed by atoms with Crippen LogP contribution in [-0.4, -0.2) is 36.6 Å². The van der Waals surface area contributed by atoms with Crippen molar-refractivity contribution in [2.45, 2.75) is 18.2 Å². The van der Waals surface area contributed by atoms with Gasteiger partial charge in [0.15, 0.2) is 11.0 Å². The normalized spacial score (nSPS) is 15.7. The number of rotatable bonds is 4. The summed E-state index contributed by atoms with van der Waals surface area (Å²) in [6, 6.07) is -0.944. The van der Waals surface area contributed by atoms with Gasteiger partial charge in [0.1, 0.15) is 0 Å². The van der Waals surface area contributed by atoms with Gasteiger partial charge >= 0.3 is 0 Å². The van der Waals surface area contributed by atoms with E-state index in [1.165, 1.54) is 6.92 Å². The molecule has 0 aliphatic carbocycles. The van der Waals surface area contributed by atoms with Crippen molar-refractivity contribution in [1.82, 2.24) is 0 Å². The first kappa shape index (κ1) is 15.6. The van der Waals surface area contributed by atoms with Gasteiger partial charge < -0.3 is 11.5 Å². The molecule has 0 bridgehead atoms. The Labute approximate surface area is 89.6 Å². The first-order chi connectivity index (χ1) is 5.30. The van der Waals surface area contributed by atoms with Crippen molar-refractivity contribution in [2.75, 3.05) is 6.54 Å². The number of ketones is 1. The molecule has 0 aliphatic heterocycles. The molecule has 0 fully saturated rings. The summed E-state index contributed by atoms with van der Waals surface area (Å²) in [6.45, 7) is 0.870. The first-order valence-corrected chi connectivity index (χ1v) is 4.76. The second kappa shape index (κ2) is 5.77. The Kier molecular flexibility index (Phi) is 6.92. The molecule has 0 aromatic carbocycles. The summed E-state index contributed by atoms with van der Waals surface area (Å²) in [7, 11) is -4.41. The van der Waals surface area contributed by atoms with E-state index in [4.69, 9.17) is 16.0 Å². The van der Waals surface area contributed by atoms with Crippen LogP contribution in [0, 0.1) is 0 Å². The minimum Gasteiger partial charge on any atom is -0.329 e. The average Bonchev–Trinajstić information content (AvgIpc) is 1.85. The molecular weight excluding hydrogens is 250 g/mol. The van der Waals surface area contributed by atoms with Gasteiger partial charge in [-0.05, 0) is 6.92 Å². The van der Waals surface area contributed by atoms with Crippen molar-refractivity contribution < 1.29 is 37.2 Å². The van der Waals surface area contributed by atoms with E-state index in [9.17, 15) is 13.2 Å². The van der Waals surface area contributed by atoms with Crippen LogP contribution in [0.15, 0.2) is 0 Å². The largest absolute Gasteiger partial charge is 0.329 e. The Bertz CT molecular complexity index is 264. The molecule has 0 aliphatic rings. The summed E-state index contributed by atoms with van der Waals surface area (Å²) in [6.07, 6.45) is 0. The van der Waals surface area contributed by atoms with E-state index >= 15 is 0 Å². The fraction of sp³-hybridized carbons (Fsp3) is 0.800. The topological polar surface area (TPSA) is 123 Å². The van der Waals surface area contributed by atoms with E-state index in [-0.39, 0.29) is 19.5 Å².